The zero-order chi connectivity index (χ0) is 21.0. The molecule has 2 aliphatic heterocycles. The molecule has 31 heavy (non-hydrogen) atoms. The summed E-state index contributed by atoms with van der Waals surface area (Å²) in [5, 5.41) is 2.04. The van der Waals surface area contributed by atoms with E-state index >= 15 is 0 Å². The summed E-state index contributed by atoms with van der Waals surface area (Å²) in [7, 11) is 0. The van der Waals surface area contributed by atoms with Gasteiger partial charge in [-0.25, -0.2) is 5.01 Å². The maximum atomic E-state index is 13.0. The summed E-state index contributed by atoms with van der Waals surface area (Å²) in [6.07, 6.45) is 14.3. The highest BCUT2D eigenvalue weighted by Crippen LogP contribution is 2.40. The van der Waals surface area contributed by atoms with Crippen LogP contribution in [-0.2, 0) is 9.53 Å². The molecular formula is C25H29N3O2S. The SMILES string of the molecule is O=C(NN1CCOCC1)C1=CC=CC2Sc3ccccc3C(C3CCCCC3)=NC2=C1. The molecule has 0 bridgehead atoms. The number of hydrazine groups is 1. The average molecular weight is 436 g/mol. The highest BCUT2D eigenvalue weighted by atomic mass is 32.2. The molecule has 1 atom stereocenters. The minimum atomic E-state index is -0.0825. The number of allylic oxidation sites excluding steroid dienone is 2. The van der Waals surface area contributed by atoms with Gasteiger partial charge in [0, 0.05) is 35.0 Å². The number of carbonyl (C=O) groups is 1. The molecule has 1 aromatic carbocycles. The van der Waals surface area contributed by atoms with Gasteiger partial charge in [0.25, 0.3) is 5.91 Å². The Balaban J connectivity index is 1.47. The third-order valence-corrected chi connectivity index (χ3v) is 7.61. The Hall–Kier alpha value is -2.15. The summed E-state index contributed by atoms with van der Waals surface area (Å²) in [5.74, 6) is 0.415. The Morgan fingerprint density at radius 1 is 1.13 bits per heavy atom. The fourth-order valence-corrected chi connectivity index (χ4v) is 5.81. The molecule has 0 radical (unpaired) electrons. The highest BCUT2D eigenvalue weighted by Gasteiger charge is 2.29. The van der Waals surface area contributed by atoms with Gasteiger partial charge in [0.1, 0.15) is 0 Å². The third-order valence-electron chi connectivity index (χ3n) is 6.35. The molecule has 4 aliphatic rings. The number of morpholine rings is 1. The predicted molar refractivity (Wildman–Crippen MR) is 125 cm³/mol. The molecule has 6 heteroatoms. The first kappa shape index (κ1) is 20.7. The molecule has 5 nitrogen and oxygen atoms in total. The van der Waals surface area contributed by atoms with Crippen LogP contribution in [-0.4, -0.2) is 48.2 Å². The van der Waals surface area contributed by atoms with Crippen LogP contribution in [0.1, 0.15) is 37.7 Å². The molecule has 0 spiro atoms. The Labute approximate surface area is 188 Å². The number of aliphatic imine (C=N–C) groups is 1. The topological polar surface area (TPSA) is 53.9 Å². The molecule has 1 unspecified atom stereocenters. The van der Waals surface area contributed by atoms with Crippen molar-refractivity contribution in [3.63, 3.8) is 0 Å². The summed E-state index contributed by atoms with van der Waals surface area (Å²) < 4.78 is 5.38. The Morgan fingerprint density at radius 2 is 1.94 bits per heavy atom. The first-order chi connectivity index (χ1) is 15.3. The van der Waals surface area contributed by atoms with Crippen LogP contribution < -0.4 is 5.43 Å². The molecule has 1 N–H and O–H groups in total. The van der Waals surface area contributed by atoms with E-state index in [-0.39, 0.29) is 11.2 Å². The van der Waals surface area contributed by atoms with Gasteiger partial charge in [-0.05, 0) is 31.1 Å². The number of hydrogen-bond donors (Lipinski definition) is 1. The van der Waals surface area contributed by atoms with Crippen molar-refractivity contribution in [2.45, 2.75) is 42.2 Å². The van der Waals surface area contributed by atoms with E-state index < -0.39 is 0 Å². The molecular weight excluding hydrogens is 406 g/mol. The smallest absolute Gasteiger partial charge is 0.265 e. The number of benzene rings is 1. The molecule has 2 fully saturated rings. The van der Waals surface area contributed by atoms with Crippen molar-refractivity contribution in [2.75, 3.05) is 26.3 Å². The number of hydrogen-bond acceptors (Lipinski definition) is 5. The fraction of sp³-hybridized carbons (Fsp3) is 0.440. The number of carbonyl (C=O) groups excluding carboxylic acids is 1. The lowest BCUT2D eigenvalue weighted by Crippen LogP contribution is -2.48. The Morgan fingerprint density at radius 3 is 2.77 bits per heavy atom. The lowest BCUT2D eigenvalue weighted by Gasteiger charge is -2.27. The third kappa shape index (κ3) is 4.71. The van der Waals surface area contributed by atoms with Crippen LogP contribution in [0.3, 0.4) is 0 Å². The van der Waals surface area contributed by atoms with Crippen molar-refractivity contribution in [3.8, 4) is 0 Å². The largest absolute Gasteiger partial charge is 0.379 e. The van der Waals surface area contributed by atoms with Gasteiger partial charge in [-0.15, -0.1) is 11.8 Å². The van der Waals surface area contributed by atoms with E-state index in [1.54, 1.807) is 0 Å². The van der Waals surface area contributed by atoms with Crippen molar-refractivity contribution in [1.82, 2.24) is 10.4 Å². The van der Waals surface area contributed by atoms with Crippen molar-refractivity contribution < 1.29 is 9.53 Å². The maximum Gasteiger partial charge on any atom is 0.265 e. The van der Waals surface area contributed by atoms with Gasteiger partial charge in [0.2, 0.25) is 0 Å². The second kappa shape index (κ2) is 9.55. The minimum Gasteiger partial charge on any atom is -0.379 e. The predicted octanol–water partition coefficient (Wildman–Crippen LogP) is 4.27. The van der Waals surface area contributed by atoms with Gasteiger partial charge in [0.15, 0.2) is 0 Å². The molecule has 2 aliphatic carbocycles. The van der Waals surface area contributed by atoms with Crippen molar-refractivity contribution in [3.05, 3.63) is 65.4 Å². The Bertz CT molecular complexity index is 953. The average Bonchev–Trinajstić information content (AvgIpc) is 3.10. The fourth-order valence-electron chi connectivity index (χ4n) is 4.67. The first-order valence-electron chi connectivity index (χ1n) is 11.4. The quantitative estimate of drug-likeness (QED) is 0.770. The Kier molecular flexibility index (Phi) is 6.39. The summed E-state index contributed by atoms with van der Waals surface area (Å²) in [5.41, 5.74) is 7.13. The monoisotopic (exact) mass is 435 g/mol. The van der Waals surface area contributed by atoms with E-state index in [0.29, 0.717) is 37.8 Å². The highest BCUT2D eigenvalue weighted by molar-refractivity contribution is 8.00. The summed E-state index contributed by atoms with van der Waals surface area (Å²) in [4.78, 5) is 19.5. The zero-order valence-corrected chi connectivity index (χ0v) is 18.6. The van der Waals surface area contributed by atoms with E-state index in [1.165, 1.54) is 48.3 Å². The van der Waals surface area contributed by atoms with Crippen LogP contribution in [0.15, 0.2) is 69.7 Å². The molecule has 0 aromatic heterocycles. The molecule has 1 saturated carbocycles. The lowest BCUT2D eigenvalue weighted by atomic mass is 9.83. The molecule has 5 rings (SSSR count). The molecule has 1 amide bonds. The van der Waals surface area contributed by atoms with Crippen molar-refractivity contribution >= 4 is 23.4 Å². The van der Waals surface area contributed by atoms with Gasteiger partial charge in [-0.3, -0.25) is 15.2 Å². The molecule has 2 heterocycles. The normalized spacial score (nSPS) is 24.6. The van der Waals surface area contributed by atoms with Crippen molar-refractivity contribution in [1.29, 1.82) is 0 Å². The number of ether oxygens (including phenoxy) is 1. The van der Waals surface area contributed by atoms with Crippen LogP contribution in [0.25, 0.3) is 0 Å². The lowest BCUT2D eigenvalue weighted by molar-refractivity contribution is -0.123. The first-order valence-corrected chi connectivity index (χ1v) is 12.2. The number of fused-ring (bicyclic) bond motifs is 2. The van der Waals surface area contributed by atoms with E-state index in [1.807, 2.05) is 35.0 Å². The van der Waals surface area contributed by atoms with Crippen LogP contribution in [0.5, 0.6) is 0 Å². The van der Waals surface area contributed by atoms with Crippen molar-refractivity contribution in [2.24, 2.45) is 10.9 Å². The number of nitrogens with zero attached hydrogens (tertiary/aromatic N) is 2. The van der Waals surface area contributed by atoms with Gasteiger partial charge in [0.05, 0.1) is 29.9 Å². The van der Waals surface area contributed by atoms with Gasteiger partial charge < -0.3 is 4.74 Å². The van der Waals surface area contributed by atoms with E-state index in [2.05, 4.69) is 35.8 Å². The summed E-state index contributed by atoms with van der Waals surface area (Å²) in [6, 6.07) is 8.65. The van der Waals surface area contributed by atoms with Gasteiger partial charge >= 0.3 is 0 Å². The van der Waals surface area contributed by atoms with E-state index in [9.17, 15) is 4.79 Å². The van der Waals surface area contributed by atoms with E-state index in [0.717, 1.165) is 5.70 Å². The van der Waals surface area contributed by atoms with Crippen LogP contribution in [0, 0.1) is 5.92 Å². The van der Waals surface area contributed by atoms with E-state index in [4.69, 9.17) is 9.73 Å². The maximum absolute atomic E-state index is 13.0. The van der Waals surface area contributed by atoms with Crippen LogP contribution >= 0.6 is 11.8 Å². The number of nitrogens with one attached hydrogen (secondary N) is 1. The number of amides is 1. The van der Waals surface area contributed by atoms with Gasteiger partial charge in [-0.2, -0.15) is 0 Å². The van der Waals surface area contributed by atoms with Gasteiger partial charge in [-0.1, -0.05) is 49.6 Å². The minimum absolute atomic E-state index is 0.0825. The summed E-state index contributed by atoms with van der Waals surface area (Å²) >= 11 is 1.83. The van der Waals surface area contributed by atoms with Crippen LogP contribution in [0.4, 0.5) is 0 Å². The second-order valence-electron chi connectivity index (χ2n) is 8.48. The molecule has 1 saturated heterocycles. The van der Waals surface area contributed by atoms with Crippen LogP contribution in [0.2, 0.25) is 0 Å². The number of rotatable bonds is 3. The second-order valence-corrected chi connectivity index (χ2v) is 9.67. The standard InChI is InChI=1S/C25H29N3O2S/c29-25(27-28-13-15-30-16-14-28)19-9-6-12-23-21(17-19)26-24(18-7-2-1-3-8-18)20-10-4-5-11-22(20)31-23/h4-6,9-12,17-18,23H,1-3,7-8,13-16H2,(H,27,29). The molecule has 162 valence electrons. The number of thioether (sulfide) groups is 1. The molecule has 1 aromatic rings. The zero-order valence-electron chi connectivity index (χ0n) is 17.8. The summed E-state index contributed by atoms with van der Waals surface area (Å²) in [6.45, 7) is 2.71.